The topological polar surface area (TPSA) is 48.5 Å². The molecule has 0 radical (unpaired) electrons. The predicted octanol–water partition coefficient (Wildman–Crippen LogP) is 2.56. The summed E-state index contributed by atoms with van der Waals surface area (Å²) in [6.45, 7) is 3.36. The van der Waals surface area contributed by atoms with Crippen LogP contribution in [0.1, 0.15) is 6.42 Å². The van der Waals surface area contributed by atoms with Crippen LogP contribution in [0.2, 0.25) is 10.3 Å². The number of carbonyl (C=O) groups excluding carboxylic acids is 1. The van der Waals surface area contributed by atoms with Gasteiger partial charge in [0.1, 0.15) is 10.3 Å². The molecule has 1 aromatic heterocycles. The van der Waals surface area contributed by atoms with Crippen molar-refractivity contribution in [2.24, 2.45) is 0 Å². The van der Waals surface area contributed by atoms with Crippen molar-refractivity contribution in [3.8, 4) is 0 Å². The largest absolute Gasteiger partial charge is 0.323 e. The predicted molar refractivity (Wildman–Crippen MR) is 77.0 cm³/mol. The number of halogens is 2. The third-order valence-corrected chi connectivity index (χ3v) is 3.41. The van der Waals surface area contributed by atoms with Gasteiger partial charge < -0.3 is 15.1 Å². The Morgan fingerprint density at radius 2 is 1.89 bits per heavy atom. The van der Waals surface area contributed by atoms with Gasteiger partial charge in [-0.1, -0.05) is 23.2 Å². The zero-order valence-corrected chi connectivity index (χ0v) is 12.2. The average molecular weight is 303 g/mol. The maximum atomic E-state index is 12.1. The van der Waals surface area contributed by atoms with Crippen LogP contribution in [0.15, 0.2) is 12.1 Å². The molecule has 1 fully saturated rings. The molecule has 0 spiro atoms. The molecule has 5 nitrogen and oxygen atoms in total. The van der Waals surface area contributed by atoms with E-state index in [4.69, 9.17) is 23.2 Å². The van der Waals surface area contributed by atoms with Gasteiger partial charge in [0.05, 0.1) is 0 Å². The van der Waals surface area contributed by atoms with E-state index in [0.29, 0.717) is 5.69 Å². The molecular weight excluding hydrogens is 287 g/mol. The fraction of sp³-hybridized carbons (Fsp3) is 0.500. The number of pyridine rings is 1. The number of amides is 2. The molecule has 2 heterocycles. The summed E-state index contributed by atoms with van der Waals surface area (Å²) in [5, 5.41) is 3.32. The first-order chi connectivity index (χ1) is 9.04. The molecule has 1 saturated heterocycles. The molecule has 7 heteroatoms. The van der Waals surface area contributed by atoms with Gasteiger partial charge in [0.25, 0.3) is 0 Å². The lowest BCUT2D eigenvalue weighted by Crippen LogP contribution is -2.37. The molecule has 1 aliphatic rings. The van der Waals surface area contributed by atoms with Crippen molar-refractivity contribution in [2.75, 3.05) is 38.5 Å². The first kappa shape index (κ1) is 14.4. The third kappa shape index (κ3) is 4.23. The van der Waals surface area contributed by atoms with Gasteiger partial charge >= 0.3 is 6.03 Å². The molecular formula is C12H16Cl2N4O. The lowest BCUT2D eigenvalue weighted by Gasteiger charge is -2.21. The fourth-order valence-electron chi connectivity index (χ4n) is 1.99. The zero-order chi connectivity index (χ0) is 13.8. The molecule has 0 bridgehead atoms. The Bertz CT molecular complexity index is 449. The Morgan fingerprint density at radius 1 is 1.21 bits per heavy atom. The number of hydrogen-bond donors (Lipinski definition) is 1. The van der Waals surface area contributed by atoms with E-state index in [0.717, 1.165) is 32.6 Å². The van der Waals surface area contributed by atoms with Crippen molar-refractivity contribution in [1.29, 1.82) is 0 Å². The highest BCUT2D eigenvalue weighted by Gasteiger charge is 2.17. The summed E-state index contributed by atoms with van der Waals surface area (Å²) in [6, 6.07) is 3.03. The highest BCUT2D eigenvalue weighted by Crippen LogP contribution is 2.19. The molecule has 0 saturated carbocycles. The van der Waals surface area contributed by atoms with Gasteiger partial charge in [-0.2, -0.15) is 0 Å². The van der Waals surface area contributed by atoms with Crippen LogP contribution in [0.5, 0.6) is 0 Å². The first-order valence-corrected chi connectivity index (χ1v) is 6.88. The molecule has 1 N–H and O–H groups in total. The first-order valence-electron chi connectivity index (χ1n) is 6.12. The number of carbonyl (C=O) groups is 1. The second-order valence-electron chi connectivity index (χ2n) is 4.58. The van der Waals surface area contributed by atoms with E-state index in [1.54, 1.807) is 17.0 Å². The lowest BCUT2D eigenvalue weighted by molar-refractivity contribution is 0.213. The van der Waals surface area contributed by atoms with Crippen LogP contribution >= 0.6 is 23.2 Å². The Labute approximate surface area is 122 Å². The van der Waals surface area contributed by atoms with E-state index >= 15 is 0 Å². The van der Waals surface area contributed by atoms with Gasteiger partial charge in [-0.25, -0.2) is 9.78 Å². The van der Waals surface area contributed by atoms with Gasteiger partial charge in [0.2, 0.25) is 0 Å². The number of nitrogens with one attached hydrogen (secondary N) is 1. The summed E-state index contributed by atoms with van der Waals surface area (Å²) in [7, 11) is 2.06. The van der Waals surface area contributed by atoms with E-state index < -0.39 is 0 Å². The monoisotopic (exact) mass is 302 g/mol. The van der Waals surface area contributed by atoms with E-state index in [-0.39, 0.29) is 16.3 Å². The van der Waals surface area contributed by atoms with Crippen LogP contribution < -0.4 is 5.32 Å². The van der Waals surface area contributed by atoms with Crippen molar-refractivity contribution >= 4 is 34.9 Å². The summed E-state index contributed by atoms with van der Waals surface area (Å²) in [5.41, 5.74) is 0.563. The average Bonchev–Trinajstić information content (AvgIpc) is 2.52. The van der Waals surface area contributed by atoms with Crippen LogP contribution in [0.4, 0.5) is 10.5 Å². The van der Waals surface area contributed by atoms with Crippen LogP contribution in [0, 0.1) is 0 Å². The van der Waals surface area contributed by atoms with Crippen molar-refractivity contribution in [3.63, 3.8) is 0 Å². The summed E-state index contributed by atoms with van der Waals surface area (Å²) < 4.78 is 0. The second-order valence-corrected chi connectivity index (χ2v) is 5.35. The Morgan fingerprint density at radius 3 is 2.58 bits per heavy atom. The highest BCUT2D eigenvalue weighted by molar-refractivity contribution is 6.32. The molecule has 1 aliphatic heterocycles. The van der Waals surface area contributed by atoms with Crippen LogP contribution in [-0.2, 0) is 0 Å². The SMILES string of the molecule is CN1CCCN(C(=O)Nc2cc(Cl)nc(Cl)c2)CC1. The van der Waals surface area contributed by atoms with E-state index in [9.17, 15) is 4.79 Å². The molecule has 2 amide bonds. The van der Waals surface area contributed by atoms with Crippen LogP contribution in [0.3, 0.4) is 0 Å². The van der Waals surface area contributed by atoms with Crippen LogP contribution in [-0.4, -0.2) is 54.0 Å². The number of rotatable bonds is 1. The van der Waals surface area contributed by atoms with E-state index in [1.165, 1.54) is 0 Å². The second kappa shape index (κ2) is 6.41. The number of anilines is 1. The summed E-state index contributed by atoms with van der Waals surface area (Å²) >= 11 is 11.6. The van der Waals surface area contributed by atoms with Crippen molar-refractivity contribution in [3.05, 3.63) is 22.4 Å². The summed E-state index contributed by atoms with van der Waals surface area (Å²) in [5.74, 6) is 0. The van der Waals surface area contributed by atoms with E-state index in [1.807, 2.05) is 0 Å². The number of aromatic nitrogens is 1. The van der Waals surface area contributed by atoms with Gasteiger partial charge in [0, 0.05) is 25.3 Å². The standard InChI is InChI=1S/C12H16Cl2N4O/c1-17-3-2-4-18(6-5-17)12(19)15-9-7-10(13)16-11(14)8-9/h7-8H,2-6H2,1H3,(H,15,16,19). The molecule has 0 unspecified atom stereocenters. The maximum absolute atomic E-state index is 12.1. The van der Waals surface area contributed by atoms with Gasteiger partial charge in [-0.3, -0.25) is 0 Å². The highest BCUT2D eigenvalue weighted by atomic mass is 35.5. The van der Waals surface area contributed by atoms with E-state index in [2.05, 4.69) is 22.2 Å². The Balaban J connectivity index is 2.00. The number of hydrogen-bond acceptors (Lipinski definition) is 3. The molecule has 0 aromatic carbocycles. The summed E-state index contributed by atoms with van der Waals surface area (Å²) in [6.07, 6.45) is 0.974. The maximum Gasteiger partial charge on any atom is 0.321 e. The minimum Gasteiger partial charge on any atom is -0.323 e. The number of nitrogens with zero attached hydrogens (tertiary/aromatic N) is 3. The van der Waals surface area contributed by atoms with Crippen LogP contribution in [0.25, 0.3) is 0 Å². The quantitative estimate of drug-likeness (QED) is 0.811. The Kier molecular flexibility index (Phi) is 4.85. The minimum atomic E-state index is -0.131. The Hall–Kier alpha value is -1.04. The molecule has 1 aromatic rings. The minimum absolute atomic E-state index is 0.131. The van der Waals surface area contributed by atoms with Gasteiger partial charge in [0.15, 0.2) is 0 Å². The zero-order valence-electron chi connectivity index (χ0n) is 10.7. The van der Waals surface area contributed by atoms with Crippen molar-refractivity contribution in [2.45, 2.75) is 6.42 Å². The summed E-state index contributed by atoms with van der Waals surface area (Å²) in [4.78, 5) is 20.0. The van der Waals surface area contributed by atoms with Gasteiger partial charge in [-0.05, 0) is 32.1 Å². The fourth-order valence-corrected chi connectivity index (χ4v) is 2.45. The van der Waals surface area contributed by atoms with Crippen molar-refractivity contribution in [1.82, 2.24) is 14.8 Å². The molecule has 2 rings (SSSR count). The smallest absolute Gasteiger partial charge is 0.321 e. The molecule has 0 atom stereocenters. The number of likely N-dealkylation sites (N-methyl/N-ethyl adjacent to an activating group) is 1. The molecule has 0 aliphatic carbocycles. The molecule has 104 valence electrons. The third-order valence-electron chi connectivity index (χ3n) is 3.02. The number of urea groups is 1. The van der Waals surface area contributed by atoms with Gasteiger partial charge in [-0.15, -0.1) is 0 Å². The molecule has 19 heavy (non-hydrogen) atoms. The lowest BCUT2D eigenvalue weighted by atomic mass is 10.4. The van der Waals surface area contributed by atoms with Crippen molar-refractivity contribution < 1.29 is 4.79 Å². The normalized spacial score (nSPS) is 17.1.